The van der Waals surface area contributed by atoms with Gasteiger partial charge in [0.1, 0.15) is 5.71 Å². The summed E-state index contributed by atoms with van der Waals surface area (Å²) in [6.07, 6.45) is 2.56. The number of benzene rings is 2. The standard InChI is InChI=1S/C25H28ClN5O3S/c1-17-19(26)10-7-11-20(17)27-22(32)16-35-25-29-28-21(12-13-23(33)30-14-5-6-15-30)24(34)31(25)18-8-3-2-4-9-18/h2-4,7-11,25,29H,5-6,12-16H2,1H3,(H,27,32)/t25-/m0/s1. The van der Waals surface area contributed by atoms with Gasteiger partial charge >= 0.3 is 0 Å². The number of para-hydroxylation sites is 1. The van der Waals surface area contributed by atoms with Crippen LogP contribution < -0.4 is 15.6 Å². The lowest BCUT2D eigenvalue weighted by Gasteiger charge is -2.34. The molecule has 0 unspecified atom stereocenters. The van der Waals surface area contributed by atoms with Crippen molar-refractivity contribution in [2.24, 2.45) is 5.10 Å². The van der Waals surface area contributed by atoms with E-state index in [0.29, 0.717) is 22.1 Å². The van der Waals surface area contributed by atoms with Crippen LogP contribution in [-0.2, 0) is 14.4 Å². The summed E-state index contributed by atoms with van der Waals surface area (Å²) < 4.78 is 0. The maximum absolute atomic E-state index is 13.4. The summed E-state index contributed by atoms with van der Waals surface area (Å²) in [5.41, 5.74) is 4.87. The summed E-state index contributed by atoms with van der Waals surface area (Å²) in [5, 5.41) is 7.74. The van der Waals surface area contributed by atoms with Crippen LogP contribution in [0.2, 0.25) is 5.02 Å². The Morgan fingerprint density at radius 2 is 1.89 bits per heavy atom. The van der Waals surface area contributed by atoms with E-state index in [-0.39, 0.29) is 36.3 Å². The molecule has 2 aromatic carbocycles. The van der Waals surface area contributed by atoms with Crippen LogP contribution in [0.1, 0.15) is 31.2 Å². The second-order valence-corrected chi connectivity index (χ2v) is 9.89. The van der Waals surface area contributed by atoms with Crippen molar-refractivity contribution in [3.63, 3.8) is 0 Å². The average molecular weight is 514 g/mol. The lowest BCUT2D eigenvalue weighted by atomic mass is 10.1. The molecule has 0 aliphatic carbocycles. The van der Waals surface area contributed by atoms with Gasteiger partial charge in [-0.15, -0.1) is 11.8 Å². The first-order valence-corrected chi connectivity index (χ1v) is 13.0. The Morgan fingerprint density at radius 3 is 2.63 bits per heavy atom. The first-order valence-electron chi connectivity index (χ1n) is 11.6. The molecule has 2 heterocycles. The lowest BCUT2D eigenvalue weighted by Crippen LogP contribution is -2.53. The Hall–Kier alpha value is -3.04. The molecule has 2 aliphatic rings. The molecule has 3 amide bonds. The molecule has 1 saturated heterocycles. The van der Waals surface area contributed by atoms with Gasteiger partial charge in [-0.2, -0.15) is 5.10 Å². The molecule has 0 spiro atoms. The van der Waals surface area contributed by atoms with Crippen molar-refractivity contribution < 1.29 is 14.4 Å². The number of amides is 3. The molecule has 10 heteroatoms. The minimum absolute atomic E-state index is 0.0498. The van der Waals surface area contributed by atoms with Crippen LogP contribution >= 0.6 is 23.4 Å². The number of carbonyl (C=O) groups is 3. The summed E-state index contributed by atoms with van der Waals surface area (Å²) in [5.74, 6) is -0.339. The van der Waals surface area contributed by atoms with Crippen LogP contribution in [0.25, 0.3) is 0 Å². The lowest BCUT2D eigenvalue weighted by molar-refractivity contribution is -0.130. The first kappa shape index (κ1) is 25.1. The molecule has 2 N–H and O–H groups in total. The number of nitrogens with zero attached hydrogens (tertiary/aromatic N) is 3. The van der Waals surface area contributed by atoms with Gasteiger partial charge in [0.25, 0.3) is 5.91 Å². The smallest absolute Gasteiger partial charge is 0.276 e. The van der Waals surface area contributed by atoms with Crippen molar-refractivity contribution >= 4 is 58.2 Å². The highest BCUT2D eigenvalue weighted by Gasteiger charge is 2.34. The summed E-state index contributed by atoms with van der Waals surface area (Å²) >= 11 is 7.40. The van der Waals surface area contributed by atoms with E-state index in [9.17, 15) is 14.4 Å². The Balaban J connectivity index is 1.42. The number of hydrazone groups is 1. The second-order valence-electron chi connectivity index (χ2n) is 8.41. The molecule has 2 aliphatic heterocycles. The number of likely N-dealkylation sites (tertiary alicyclic amines) is 1. The van der Waals surface area contributed by atoms with Gasteiger partial charge in [-0.1, -0.05) is 35.9 Å². The van der Waals surface area contributed by atoms with Crippen molar-refractivity contribution in [1.82, 2.24) is 10.3 Å². The number of nitrogens with one attached hydrogen (secondary N) is 2. The van der Waals surface area contributed by atoms with E-state index < -0.39 is 5.50 Å². The molecule has 1 fully saturated rings. The Morgan fingerprint density at radius 1 is 1.14 bits per heavy atom. The number of carbonyl (C=O) groups excluding carboxylic acids is 3. The van der Waals surface area contributed by atoms with E-state index >= 15 is 0 Å². The zero-order valence-electron chi connectivity index (χ0n) is 19.5. The van der Waals surface area contributed by atoms with Crippen LogP contribution in [0.15, 0.2) is 53.6 Å². The van der Waals surface area contributed by atoms with Gasteiger partial charge in [0.2, 0.25) is 11.8 Å². The topological polar surface area (TPSA) is 94.1 Å². The molecular formula is C25H28ClN5O3S. The average Bonchev–Trinajstić information content (AvgIpc) is 3.40. The Kier molecular flexibility index (Phi) is 8.30. The third-order valence-electron chi connectivity index (χ3n) is 5.99. The van der Waals surface area contributed by atoms with Gasteiger partial charge in [0, 0.05) is 42.3 Å². The molecule has 0 bridgehead atoms. The van der Waals surface area contributed by atoms with Gasteiger partial charge in [-0.05, 0) is 49.6 Å². The summed E-state index contributed by atoms with van der Waals surface area (Å²) in [4.78, 5) is 41.9. The van der Waals surface area contributed by atoms with Gasteiger partial charge < -0.3 is 10.2 Å². The molecule has 184 valence electrons. The fourth-order valence-electron chi connectivity index (χ4n) is 4.03. The molecule has 4 rings (SSSR count). The second kappa shape index (κ2) is 11.6. The van der Waals surface area contributed by atoms with Gasteiger partial charge in [0.15, 0.2) is 5.50 Å². The summed E-state index contributed by atoms with van der Waals surface area (Å²) in [6, 6.07) is 14.6. The number of halogens is 1. The monoisotopic (exact) mass is 513 g/mol. The number of thioether (sulfide) groups is 1. The molecule has 1 atom stereocenters. The maximum Gasteiger partial charge on any atom is 0.276 e. The SMILES string of the molecule is Cc1c(Cl)cccc1NC(=O)CS[C@H]1NN=C(CCC(=O)N2CCCC2)C(=O)N1c1ccccc1. The third kappa shape index (κ3) is 6.15. The molecule has 0 radical (unpaired) electrons. The highest BCUT2D eigenvalue weighted by atomic mass is 35.5. The molecule has 35 heavy (non-hydrogen) atoms. The molecule has 2 aromatic rings. The first-order chi connectivity index (χ1) is 16.9. The van der Waals surface area contributed by atoms with Crippen LogP contribution in [-0.4, -0.2) is 52.7 Å². The Bertz CT molecular complexity index is 1120. The maximum atomic E-state index is 13.4. The number of rotatable bonds is 8. The van der Waals surface area contributed by atoms with Crippen LogP contribution in [0.4, 0.5) is 11.4 Å². The van der Waals surface area contributed by atoms with E-state index in [4.69, 9.17) is 11.6 Å². The number of hydrogen-bond donors (Lipinski definition) is 2. The van der Waals surface area contributed by atoms with Crippen molar-refractivity contribution in [3.8, 4) is 0 Å². The van der Waals surface area contributed by atoms with Crippen LogP contribution in [0, 0.1) is 6.92 Å². The predicted molar refractivity (Wildman–Crippen MR) is 141 cm³/mol. The molecule has 8 nitrogen and oxygen atoms in total. The summed E-state index contributed by atoms with van der Waals surface area (Å²) in [6.45, 7) is 3.40. The van der Waals surface area contributed by atoms with Crippen molar-refractivity contribution in [1.29, 1.82) is 0 Å². The van der Waals surface area contributed by atoms with E-state index in [1.807, 2.05) is 42.2 Å². The van der Waals surface area contributed by atoms with Gasteiger partial charge in [-0.25, -0.2) is 0 Å². The zero-order chi connectivity index (χ0) is 24.8. The fraction of sp³-hybridized carbons (Fsp3) is 0.360. The van der Waals surface area contributed by atoms with E-state index in [1.54, 1.807) is 23.1 Å². The van der Waals surface area contributed by atoms with E-state index in [2.05, 4.69) is 15.8 Å². The largest absolute Gasteiger partial charge is 0.343 e. The number of hydrogen-bond acceptors (Lipinski definition) is 6. The van der Waals surface area contributed by atoms with Crippen molar-refractivity contribution in [2.45, 2.75) is 38.1 Å². The zero-order valence-corrected chi connectivity index (χ0v) is 21.1. The normalized spacial score (nSPS) is 17.7. The van der Waals surface area contributed by atoms with Crippen molar-refractivity contribution in [2.75, 3.05) is 29.1 Å². The minimum atomic E-state index is -0.575. The van der Waals surface area contributed by atoms with Crippen LogP contribution in [0.3, 0.4) is 0 Å². The van der Waals surface area contributed by atoms with E-state index in [1.165, 1.54) is 11.8 Å². The predicted octanol–water partition coefficient (Wildman–Crippen LogP) is 4.00. The third-order valence-corrected chi connectivity index (χ3v) is 7.46. The molecule has 0 saturated carbocycles. The number of anilines is 2. The van der Waals surface area contributed by atoms with Crippen LogP contribution in [0.5, 0.6) is 0 Å². The summed E-state index contributed by atoms with van der Waals surface area (Å²) in [7, 11) is 0. The van der Waals surface area contributed by atoms with Gasteiger partial charge in [0.05, 0.1) is 5.75 Å². The minimum Gasteiger partial charge on any atom is -0.343 e. The van der Waals surface area contributed by atoms with Crippen molar-refractivity contribution in [3.05, 3.63) is 59.1 Å². The van der Waals surface area contributed by atoms with E-state index in [0.717, 1.165) is 31.5 Å². The molecule has 0 aromatic heterocycles. The Labute approximate surface area is 214 Å². The molecular weight excluding hydrogens is 486 g/mol. The quantitative estimate of drug-likeness (QED) is 0.556. The highest BCUT2D eigenvalue weighted by molar-refractivity contribution is 8.00. The van der Waals surface area contributed by atoms with Gasteiger partial charge in [-0.3, -0.25) is 24.7 Å². The fourth-order valence-corrected chi connectivity index (χ4v) is 5.08. The highest BCUT2D eigenvalue weighted by Crippen LogP contribution is 2.27.